The number of anilines is 2. The number of hydrogen-bond acceptors (Lipinski definition) is 7. The maximum atomic E-state index is 5.85. The summed E-state index contributed by atoms with van der Waals surface area (Å²) in [6.45, 7) is 3.81. The van der Waals surface area contributed by atoms with Crippen molar-refractivity contribution < 1.29 is 4.52 Å². The maximum absolute atomic E-state index is 5.85. The molecule has 1 aliphatic rings. The molecule has 3 heterocycles. The van der Waals surface area contributed by atoms with E-state index in [9.17, 15) is 0 Å². The third-order valence-corrected chi connectivity index (χ3v) is 3.28. The van der Waals surface area contributed by atoms with Crippen molar-refractivity contribution in [3.63, 3.8) is 0 Å². The summed E-state index contributed by atoms with van der Waals surface area (Å²) in [7, 11) is 2.11. The van der Waals surface area contributed by atoms with Crippen LogP contribution in [-0.2, 0) is 0 Å². The molecule has 3 rings (SSSR count). The molecule has 0 radical (unpaired) electrons. The Morgan fingerprint density at radius 3 is 2.79 bits per heavy atom. The predicted octanol–water partition coefficient (Wildman–Crippen LogP) is 0.466. The highest BCUT2D eigenvalue weighted by Gasteiger charge is 2.20. The van der Waals surface area contributed by atoms with Crippen LogP contribution in [-0.4, -0.2) is 53.3 Å². The summed E-state index contributed by atoms with van der Waals surface area (Å²) < 4.78 is 5.29. The molecule has 7 nitrogen and oxygen atoms in total. The van der Waals surface area contributed by atoms with Gasteiger partial charge in [0.1, 0.15) is 0 Å². The Morgan fingerprint density at radius 2 is 2.05 bits per heavy atom. The summed E-state index contributed by atoms with van der Waals surface area (Å²) in [4.78, 5) is 12.7. The van der Waals surface area contributed by atoms with Gasteiger partial charge < -0.3 is 20.1 Å². The molecule has 0 saturated carbocycles. The highest BCUT2D eigenvalue weighted by Crippen LogP contribution is 2.24. The van der Waals surface area contributed by atoms with Crippen LogP contribution in [0.15, 0.2) is 23.0 Å². The molecule has 0 unspecified atom stereocenters. The molecule has 2 aromatic heterocycles. The van der Waals surface area contributed by atoms with Crippen LogP contribution < -0.4 is 10.6 Å². The Hall–Kier alpha value is -2.15. The molecule has 1 aliphatic heterocycles. The number of hydrogen-bond donors (Lipinski definition) is 1. The number of rotatable bonds is 2. The second kappa shape index (κ2) is 4.85. The van der Waals surface area contributed by atoms with Gasteiger partial charge in [-0.3, -0.25) is 4.98 Å². The van der Waals surface area contributed by atoms with Gasteiger partial charge in [0.2, 0.25) is 0 Å². The van der Waals surface area contributed by atoms with Crippen molar-refractivity contribution in [1.82, 2.24) is 20.0 Å². The van der Waals surface area contributed by atoms with E-state index in [4.69, 9.17) is 10.3 Å². The number of pyridine rings is 1. The minimum atomic E-state index is 0.439. The molecule has 0 aliphatic carbocycles. The molecule has 0 spiro atoms. The molecule has 1 saturated heterocycles. The fraction of sp³-hybridized carbons (Fsp3) is 0.417. The van der Waals surface area contributed by atoms with E-state index >= 15 is 0 Å². The first kappa shape index (κ1) is 11.9. The number of nitrogen functional groups attached to an aromatic ring is 1. The fourth-order valence-electron chi connectivity index (χ4n) is 2.06. The minimum absolute atomic E-state index is 0.439. The normalized spacial score (nSPS) is 16.8. The molecule has 7 heteroatoms. The van der Waals surface area contributed by atoms with E-state index in [1.165, 1.54) is 0 Å². The summed E-state index contributed by atoms with van der Waals surface area (Å²) in [5.41, 5.74) is 7.11. The lowest BCUT2D eigenvalue weighted by atomic mass is 10.2. The van der Waals surface area contributed by atoms with Gasteiger partial charge in [0.15, 0.2) is 0 Å². The van der Waals surface area contributed by atoms with Gasteiger partial charge in [0.05, 0.1) is 17.4 Å². The molecule has 1 fully saturated rings. The largest absolute Gasteiger partial charge is 0.397 e. The van der Waals surface area contributed by atoms with Crippen LogP contribution in [0.3, 0.4) is 0 Å². The van der Waals surface area contributed by atoms with Crippen LogP contribution >= 0.6 is 0 Å². The highest BCUT2D eigenvalue weighted by molar-refractivity contribution is 5.69. The van der Waals surface area contributed by atoms with Gasteiger partial charge in [0.25, 0.3) is 11.8 Å². The number of nitrogens with zero attached hydrogens (tertiary/aromatic N) is 5. The van der Waals surface area contributed by atoms with Crippen molar-refractivity contribution in [2.24, 2.45) is 0 Å². The van der Waals surface area contributed by atoms with Crippen LogP contribution in [0.4, 0.5) is 11.6 Å². The van der Waals surface area contributed by atoms with Crippen LogP contribution in [0.2, 0.25) is 0 Å². The molecule has 100 valence electrons. The smallest absolute Gasteiger partial charge is 0.266 e. The number of likely N-dealkylation sites (N-methyl/N-ethyl adjacent to an activating group) is 1. The summed E-state index contributed by atoms with van der Waals surface area (Å²) in [6, 6.07) is 1.77. The summed E-state index contributed by atoms with van der Waals surface area (Å²) in [5, 5.41) is 4.03. The van der Waals surface area contributed by atoms with Crippen molar-refractivity contribution in [1.29, 1.82) is 0 Å². The maximum Gasteiger partial charge on any atom is 0.266 e. The molecular weight excluding hydrogens is 244 g/mol. The quantitative estimate of drug-likeness (QED) is 0.839. The first-order valence-electron chi connectivity index (χ1n) is 6.21. The van der Waals surface area contributed by atoms with Gasteiger partial charge in [-0.2, -0.15) is 4.98 Å². The number of nitrogens with two attached hydrogens (primary N) is 1. The monoisotopic (exact) mass is 260 g/mol. The van der Waals surface area contributed by atoms with Crippen LogP contribution in [0, 0.1) is 0 Å². The summed E-state index contributed by atoms with van der Waals surface area (Å²) in [6.07, 6.45) is 3.24. The number of piperazine rings is 1. The van der Waals surface area contributed by atoms with Crippen molar-refractivity contribution in [2.75, 3.05) is 43.9 Å². The van der Waals surface area contributed by atoms with Crippen molar-refractivity contribution in [2.45, 2.75) is 0 Å². The second-order valence-corrected chi connectivity index (χ2v) is 4.65. The van der Waals surface area contributed by atoms with Gasteiger partial charge in [-0.25, -0.2) is 0 Å². The van der Waals surface area contributed by atoms with Gasteiger partial charge >= 0.3 is 0 Å². The summed E-state index contributed by atoms with van der Waals surface area (Å²) in [5.74, 6) is 1.06. The average Bonchev–Trinajstić information content (AvgIpc) is 2.89. The second-order valence-electron chi connectivity index (χ2n) is 4.65. The molecule has 0 amide bonds. The van der Waals surface area contributed by atoms with E-state index in [-0.39, 0.29) is 0 Å². The fourth-order valence-corrected chi connectivity index (χ4v) is 2.06. The van der Waals surface area contributed by atoms with E-state index in [0.29, 0.717) is 17.5 Å². The molecule has 0 bridgehead atoms. The van der Waals surface area contributed by atoms with E-state index in [0.717, 1.165) is 31.7 Å². The standard InChI is InChI=1S/C12H16N6O/c1-17-4-6-18(7-5-17)12-15-11(19-16-12)9-2-3-14-8-10(9)13/h2-3,8H,4-7,13H2,1H3. The lowest BCUT2D eigenvalue weighted by Gasteiger charge is -2.31. The molecular formula is C12H16N6O. The van der Waals surface area contributed by atoms with E-state index in [1.54, 1.807) is 18.5 Å². The molecule has 2 aromatic rings. The lowest BCUT2D eigenvalue weighted by molar-refractivity contribution is 0.309. The molecule has 2 N–H and O–H groups in total. The zero-order valence-corrected chi connectivity index (χ0v) is 10.8. The van der Waals surface area contributed by atoms with Gasteiger partial charge in [-0.15, -0.1) is 0 Å². The Labute approximate surface area is 111 Å². The van der Waals surface area contributed by atoms with Crippen LogP contribution in [0.1, 0.15) is 0 Å². The SMILES string of the molecule is CN1CCN(c2noc(-c3ccncc3N)n2)CC1. The Kier molecular flexibility index (Phi) is 3.04. The Bertz CT molecular complexity index is 561. The van der Waals surface area contributed by atoms with Gasteiger partial charge in [0, 0.05) is 32.4 Å². The van der Waals surface area contributed by atoms with Crippen molar-refractivity contribution in [3.05, 3.63) is 18.5 Å². The van der Waals surface area contributed by atoms with Gasteiger partial charge in [-0.1, -0.05) is 0 Å². The predicted molar refractivity (Wildman–Crippen MR) is 71.7 cm³/mol. The zero-order valence-electron chi connectivity index (χ0n) is 10.8. The van der Waals surface area contributed by atoms with E-state index in [2.05, 4.69) is 32.0 Å². The van der Waals surface area contributed by atoms with E-state index in [1.807, 2.05) is 0 Å². The van der Waals surface area contributed by atoms with Crippen LogP contribution in [0.5, 0.6) is 0 Å². The molecule has 19 heavy (non-hydrogen) atoms. The number of aromatic nitrogens is 3. The molecule has 0 aromatic carbocycles. The lowest BCUT2D eigenvalue weighted by Crippen LogP contribution is -2.44. The first-order valence-corrected chi connectivity index (χ1v) is 6.21. The average molecular weight is 260 g/mol. The van der Waals surface area contributed by atoms with E-state index < -0.39 is 0 Å². The Balaban J connectivity index is 1.82. The van der Waals surface area contributed by atoms with Gasteiger partial charge in [-0.05, 0) is 18.3 Å². The first-order chi connectivity index (χ1) is 9.24. The molecule has 0 atom stereocenters. The van der Waals surface area contributed by atoms with Crippen molar-refractivity contribution >= 4 is 11.6 Å². The summed E-state index contributed by atoms with van der Waals surface area (Å²) >= 11 is 0. The topological polar surface area (TPSA) is 84.3 Å². The Morgan fingerprint density at radius 1 is 1.26 bits per heavy atom. The van der Waals surface area contributed by atoms with Crippen LogP contribution in [0.25, 0.3) is 11.5 Å². The minimum Gasteiger partial charge on any atom is -0.397 e. The highest BCUT2D eigenvalue weighted by atomic mass is 16.5. The third-order valence-electron chi connectivity index (χ3n) is 3.28. The third kappa shape index (κ3) is 2.37. The van der Waals surface area contributed by atoms with Crippen molar-refractivity contribution in [3.8, 4) is 11.5 Å². The zero-order chi connectivity index (χ0) is 13.2.